The van der Waals surface area contributed by atoms with Gasteiger partial charge in [0.2, 0.25) is 0 Å². The molecule has 1 aromatic rings. The van der Waals surface area contributed by atoms with Crippen LogP contribution < -0.4 is 10.5 Å². The third-order valence-electron chi connectivity index (χ3n) is 2.94. The summed E-state index contributed by atoms with van der Waals surface area (Å²) in [5.74, 6) is 0.0286. The number of nitrogens with two attached hydrogens (primary N) is 1. The molecule has 0 bridgehead atoms. The molecule has 0 aliphatic carbocycles. The van der Waals surface area contributed by atoms with Crippen LogP contribution in [-0.4, -0.2) is 40.7 Å². The van der Waals surface area contributed by atoms with E-state index in [4.69, 9.17) is 10.5 Å². The molecule has 0 spiro atoms. The number of sulfone groups is 2. The van der Waals surface area contributed by atoms with Crippen molar-refractivity contribution in [1.29, 1.82) is 0 Å². The van der Waals surface area contributed by atoms with Crippen LogP contribution in [0.5, 0.6) is 5.75 Å². The van der Waals surface area contributed by atoms with Crippen LogP contribution in [-0.2, 0) is 19.7 Å². The normalized spacial score (nSPS) is 12.3. The highest BCUT2D eigenvalue weighted by Crippen LogP contribution is 2.25. The molecule has 0 fully saturated rings. The van der Waals surface area contributed by atoms with Gasteiger partial charge < -0.3 is 10.5 Å². The molecule has 0 aliphatic heterocycles. The van der Waals surface area contributed by atoms with E-state index in [2.05, 4.69) is 0 Å². The topological polar surface area (TPSA) is 104 Å². The molecule has 0 heterocycles. The van der Waals surface area contributed by atoms with Gasteiger partial charge in [-0.05, 0) is 25.5 Å². The molecular weight excluding hydrogens is 314 g/mol. The molecule has 0 unspecified atom stereocenters. The SMILES string of the molecule is CCOc1ccc(N)c(S(=O)(=O)CCCS(=O)(=O)CC)c1. The summed E-state index contributed by atoms with van der Waals surface area (Å²) in [6.07, 6.45) is 0.0524. The summed E-state index contributed by atoms with van der Waals surface area (Å²) in [5.41, 5.74) is 5.84. The molecule has 0 saturated heterocycles. The van der Waals surface area contributed by atoms with E-state index < -0.39 is 19.7 Å². The summed E-state index contributed by atoms with van der Waals surface area (Å²) in [6, 6.07) is 4.45. The Kier molecular flexibility index (Phi) is 6.03. The van der Waals surface area contributed by atoms with Crippen molar-refractivity contribution < 1.29 is 21.6 Å². The smallest absolute Gasteiger partial charge is 0.180 e. The molecule has 2 N–H and O–H groups in total. The molecule has 8 heteroatoms. The second-order valence-corrected chi connectivity index (χ2v) is 9.09. The predicted molar refractivity (Wildman–Crippen MR) is 83.0 cm³/mol. The molecule has 0 saturated carbocycles. The highest BCUT2D eigenvalue weighted by atomic mass is 32.2. The number of anilines is 1. The van der Waals surface area contributed by atoms with Crippen LogP contribution in [0, 0.1) is 0 Å². The minimum atomic E-state index is -3.63. The lowest BCUT2D eigenvalue weighted by molar-refractivity contribution is 0.339. The molecule has 1 rings (SSSR count). The van der Waals surface area contributed by atoms with E-state index >= 15 is 0 Å². The van der Waals surface area contributed by atoms with Crippen LogP contribution >= 0.6 is 0 Å². The molecule has 1 aromatic carbocycles. The number of hydrogen-bond donors (Lipinski definition) is 1. The van der Waals surface area contributed by atoms with Gasteiger partial charge in [-0.3, -0.25) is 0 Å². The lowest BCUT2D eigenvalue weighted by Gasteiger charge is -2.10. The molecule has 21 heavy (non-hydrogen) atoms. The summed E-state index contributed by atoms with van der Waals surface area (Å²) < 4.78 is 52.5. The highest BCUT2D eigenvalue weighted by molar-refractivity contribution is 7.92. The van der Waals surface area contributed by atoms with Gasteiger partial charge in [-0.1, -0.05) is 6.92 Å². The predicted octanol–water partition coefficient (Wildman–Crippen LogP) is 1.27. The highest BCUT2D eigenvalue weighted by Gasteiger charge is 2.20. The van der Waals surface area contributed by atoms with E-state index in [-0.39, 0.29) is 34.3 Å². The molecular formula is C13H21NO5S2. The van der Waals surface area contributed by atoms with E-state index in [1.165, 1.54) is 19.1 Å². The first-order chi connectivity index (χ1) is 9.72. The lowest BCUT2D eigenvalue weighted by atomic mass is 10.3. The Morgan fingerprint density at radius 2 is 1.76 bits per heavy atom. The van der Waals surface area contributed by atoms with Crippen molar-refractivity contribution in [2.45, 2.75) is 25.2 Å². The first-order valence-corrected chi connectivity index (χ1v) is 10.1. The van der Waals surface area contributed by atoms with Crippen molar-refractivity contribution in [1.82, 2.24) is 0 Å². The summed E-state index contributed by atoms with van der Waals surface area (Å²) in [6.45, 7) is 3.74. The van der Waals surface area contributed by atoms with Gasteiger partial charge in [0.1, 0.15) is 15.6 Å². The second-order valence-electron chi connectivity index (χ2n) is 4.54. The molecule has 0 aliphatic rings. The Morgan fingerprint density at radius 3 is 2.33 bits per heavy atom. The largest absolute Gasteiger partial charge is 0.494 e. The maximum Gasteiger partial charge on any atom is 0.180 e. The molecule has 120 valence electrons. The second kappa shape index (κ2) is 7.13. The Balaban J connectivity index is 2.90. The fourth-order valence-electron chi connectivity index (χ4n) is 1.76. The number of hydrogen-bond acceptors (Lipinski definition) is 6. The maximum atomic E-state index is 12.3. The zero-order chi connectivity index (χ0) is 16.1. The summed E-state index contributed by atoms with van der Waals surface area (Å²) in [7, 11) is -6.80. The zero-order valence-corrected chi connectivity index (χ0v) is 13.8. The van der Waals surface area contributed by atoms with Crippen LogP contribution in [0.4, 0.5) is 5.69 Å². The van der Waals surface area contributed by atoms with Gasteiger partial charge in [0.15, 0.2) is 9.84 Å². The van der Waals surface area contributed by atoms with Gasteiger partial charge in [-0.25, -0.2) is 16.8 Å². The standard InChI is InChI=1S/C13H21NO5S2/c1-3-19-11-6-7-12(14)13(10-11)21(17,18)9-5-8-20(15,16)4-2/h6-7,10H,3-5,8-9,14H2,1-2H3. The van der Waals surface area contributed by atoms with Crippen LogP contribution in [0.3, 0.4) is 0 Å². The van der Waals surface area contributed by atoms with Crippen LogP contribution in [0.25, 0.3) is 0 Å². The van der Waals surface area contributed by atoms with E-state index in [9.17, 15) is 16.8 Å². The first-order valence-electron chi connectivity index (χ1n) is 6.67. The van der Waals surface area contributed by atoms with Crippen molar-refractivity contribution in [2.24, 2.45) is 0 Å². The molecule has 0 aromatic heterocycles. The Morgan fingerprint density at radius 1 is 1.10 bits per heavy atom. The minimum absolute atomic E-state index is 0.00894. The Labute approximate surface area is 126 Å². The summed E-state index contributed by atoms with van der Waals surface area (Å²) in [5, 5.41) is 0. The number of benzene rings is 1. The minimum Gasteiger partial charge on any atom is -0.494 e. The van der Waals surface area contributed by atoms with Crippen molar-refractivity contribution in [3.63, 3.8) is 0 Å². The van der Waals surface area contributed by atoms with E-state index in [0.29, 0.717) is 12.4 Å². The van der Waals surface area contributed by atoms with Crippen molar-refractivity contribution in [2.75, 3.05) is 29.6 Å². The molecule has 0 amide bonds. The van der Waals surface area contributed by atoms with E-state index in [0.717, 1.165) is 0 Å². The summed E-state index contributed by atoms with van der Waals surface area (Å²) >= 11 is 0. The van der Waals surface area contributed by atoms with Crippen molar-refractivity contribution in [3.05, 3.63) is 18.2 Å². The summed E-state index contributed by atoms with van der Waals surface area (Å²) in [4.78, 5) is -0.0117. The number of rotatable bonds is 8. The maximum absolute atomic E-state index is 12.3. The van der Waals surface area contributed by atoms with Crippen molar-refractivity contribution in [3.8, 4) is 5.75 Å². The Bertz CT molecular complexity index is 681. The van der Waals surface area contributed by atoms with E-state index in [1.54, 1.807) is 13.0 Å². The zero-order valence-electron chi connectivity index (χ0n) is 12.2. The average Bonchev–Trinajstić information content (AvgIpc) is 2.40. The van der Waals surface area contributed by atoms with Gasteiger partial charge in [0.25, 0.3) is 0 Å². The molecule has 0 atom stereocenters. The van der Waals surface area contributed by atoms with Gasteiger partial charge in [-0.2, -0.15) is 0 Å². The lowest BCUT2D eigenvalue weighted by Crippen LogP contribution is -2.15. The van der Waals surface area contributed by atoms with Crippen LogP contribution in [0.15, 0.2) is 23.1 Å². The quantitative estimate of drug-likeness (QED) is 0.717. The van der Waals surface area contributed by atoms with Gasteiger partial charge in [0, 0.05) is 11.8 Å². The van der Waals surface area contributed by atoms with Crippen LogP contribution in [0.2, 0.25) is 0 Å². The molecule has 6 nitrogen and oxygen atoms in total. The van der Waals surface area contributed by atoms with Gasteiger partial charge >= 0.3 is 0 Å². The van der Waals surface area contributed by atoms with Gasteiger partial charge in [-0.15, -0.1) is 0 Å². The molecule has 0 radical (unpaired) electrons. The van der Waals surface area contributed by atoms with Crippen molar-refractivity contribution >= 4 is 25.4 Å². The fourth-order valence-corrected chi connectivity index (χ4v) is 4.29. The monoisotopic (exact) mass is 335 g/mol. The fraction of sp³-hybridized carbons (Fsp3) is 0.538. The third kappa shape index (κ3) is 5.20. The Hall–Kier alpha value is -1.28. The average molecular weight is 335 g/mol. The van der Waals surface area contributed by atoms with E-state index in [1.807, 2.05) is 0 Å². The number of nitrogen functional groups attached to an aromatic ring is 1. The van der Waals surface area contributed by atoms with Crippen LogP contribution in [0.1, 0.15) is 20.3 Å². The van der Waals surface area contributed by atoms with Gasteiger partial charge in [0.05, 0.1) is 28.7 Å². The number of ether oxygens (including phenoxy) is 1. The third-order valence-corrected chi connectivity index (χ3v) is 6.58. The first kappa shape index (κ1) is 17.8.